The lowest BCUT2D eigenvalue weighted by atomic mass is 10.1. The van der Waals surface area contributed by atoms with Crippen molar-refractivity contribution in [3.8, 4) is 0 Å². The summed E-state index contributed by atoms with van der Waals surface area (Å²) in [4.78, 5) is 13.2. The third-order valence-corrected chi connectivity index (χ3v) is 2.55. The molecule has 74 valence electrons. The van der Waals surface area contributed by atoms with Crippen molar-refractivity contribution in [1.29, 1.82) is 0 Å². The van der Waals surface area contributed by atoms with Crippen LogP contribution in [-0.4, -0.2) is 12.1 Å². The molecule has 0 aliphatic carbocycles. The van der Waals surface area contributed by atoms with Crippen molar-refractivity contribution in [2.45, 2.75) is 19.4 Å². The van der Waals surface area contributed by atoms with E-state index in [4.69, 9.17) is 5.84 Å². The Morgan fingerprint density at radius 2 is 2.29 bits per heavy atom. The van der Waals surface area contributed by atoms with Crippen LogP contribution in [-0.2, 0) is 6.42 Å². The Kier molecular flexibility index (Phi) is 2.13. The summed E-state index contributed by atoms with van der Waals surface area (Å²) in [6.07, 6.45) is 0.892. The number of para-hydroxylation sites is 1. The molecule has 3 N–H and O–H groups in total. The molecule has 0 aromatic heterocycles. The number of nitrogens with two attached hydrogens (primary N) is 1. The summed E-state index contributed by atoms with van der Waals surface area (Å²) in [5.41, 5.74) is 4.32. The zero-order valence-electron chi connectivity index (χ0n) is 8.03. The van der Waals surface area contributed by atoms with Gasteiger partial charge in [0.25, 0.3) is 0 Å². The predicted octanol–water partition coefficient (Wildman–Crippen LogP) is 1.02. The standard InChI is InChI=1S/C10H13N3O/c1-7-6-8-4-2-3-5-9(8)13(7)10(14)12-11/h2-5,7H,6,11H2,1H3,(H,12,14). The maximum atomic E-state index is 11.5. The van der Waals surface area contributed by atoms with Crippen molar-refractivity contribution >= 4 is 11.7 Å². The molecule has 0 spiro atoms. The van der Waals surface area contributed by atoms with Gasteiger partial charge < -0.3 is 0 Å². The lowest BCUT2D eigenvalue weighted by Crippen LogP contribution is -2.46. The second-order valence-corrected chi connectivity index (χ2v) is 3.50. The number of nitrogens with zero attached hydrogens (tertiary/aromatic N) is 1. The quantitative estimate of drug-likeness (QED) is 0.365. The maximum absolute atomic E-state index is 11.5. The largest absolute Gasteiger partial charge is 0.336 e. The zero-order chi connectivity index (χ0) is 10.1. The van der Waals surface area contributed by atoms with Crippen molar-refractivity contribution < 1.29 is 4.79 Å². The van der Waals surface area contributed by atoms with Crippen LogP contribution >= 0.6 is 0 Å². The van der Waals surface area contributed by atoms with E-state index in [1.54, 1.807) is 4.90 Å². The summed E-state index contributed by atoms with van der Waals surface area (Å²) in [6, 6.07) is 7.81. The molecule has 2 amide bonds. The molecule has 0 bridgehead atoms. The van der Waals surface area contributed by atoms with Crippen LogP contribution in [0.15, 0.2) is 24.3 Å². The fourth-order valence-corrected chi connectivity index (χ4v) is 1.94. The first kappa shape index (κ1) is 9.02. The summed E-state index contributed by atoms with van der Waals surface area (Å²) in [6.45, 7) is 2.01. The topological polar surface area (TPSA) is 58.4 Å². The van der Waals surface area contributed by atoms with Crippen molar-refractivity contribution in [3.63, 3.8) is 0 Å². The number of anilines is 1. The Hall–Kier alpha value is -1.55. The Morgan fingerprint density at radius 1 is 1.57 bits per heavy atom. The van der Waals surface area contributed by atoms with Gasteiger partial charge in [0.2, 0.25) is 0 Å². The van der Waals surface area contributed by atoms with Crippen LogP contribution in [0.3, 0.4) is 0 Å². The first-order valence-electron chi connectivity index (χ1n) is 4.61. The number of urea groups is 1. The van der Waals surface area contributed by atoms with Gasteiger partial charge in [-0.1, -0.05) is 18.2 Å². The van der Waals surface area contributed by atoms with Gasteiger partial charge in [0, 0.05) is 11.7 Å². The number of hydrazine groups is 1. The van der Waals surface area contributed by atoms with Gasteiger partial charge in [-0.25, -0.2) is 10.6 Å². The molecule has 1 atom stereocenters. The fraction of sp³-hybridized carbons (Fsp3) is 0.300. The number of amides is 2. The number of hydrogen-bond acceptors (Lipinski definition) is 2. The van der Waals surface area contributed by atoms with Gasteiger partial charge in [0.1, 0.15) is 0 Å². The van der Waals surface area contributed by atoms with Crippen LogP contribution < -0.4 is 16.2 Å². The van der Waals surface area contributed by atoms with Gasteiger partial charge in [-0.05, 0) is 25.0 Å². The molecule has 0 saturated carbocycles. The van der Waals surface area contributed by atoms with E-state index in [-0.39, 0.29) is 12.1 Å². The van der Waals surface area contributed by atoms with E-state index in [9.17, 15) is 4.79 Å². The molecule has 1 unspecified atom stereocenters. The van der Waals surface area contributed by atoms with Crippen molar-refractivity contribution in [1.82, 2.24) is 5.43 Å². The summed E-state index contributed by atoms with van der Waals surface area (Å²) >= 11 is 0. The van der Waals surface area contributed by atoms with E-state index >= 15 is 0 Å². The van der Waals surface area contributed by atoms with Crippen LogP contribution in [0.25, 0.3) is 0 Å². The van der Waals surface area contributed by atoms with Crippen LogP contribution in [0.4, 0.5) is 10.5 Å². The summed E-state index contributed by atoms with van der Waals surface area (Å²) in [7, 11) is 0. The summed E-state index contributed by atoms with van der Waals surface area (Å²) in [5.74, 6) is 5.13. The fourth-order valence-electron chi connectivity index (χ4n) is 1.94. The number of hydrogen-bond donors (Lipinski definition) is 2. The highest BCUT2D eigenvalue weighted by Crippen LogP contribution is 2.31. The Balaban J connectivity index is 2.39. The minimum absolute atomic E-state index is 0.177. The number of rotatable bonds is 0. The number of fused-ring (bicyclic) bond motifs is 1. The minimum atomic E-state index is -0.248. The van der Waals surface area contributed by atoms with Crippen molar-refractivity contribution in [2.24, 2.45) is 5.84 Å². The van der Waals surface area contributed by atoms with Gasteiger partial charge in [0.15, 0.2) is 0 Å². The summed E-state index contributed by atoms with van der Waals surface area (Å²) in [5, 5.41) is 0. The second kappa shape index (κ2) is 3.31. The Morgan fingerprint density at radius 3 is 3.00 bits per heavy atom. The number of carbonyl (C=O) groups is 1. The lowest BCUT2D eigenvalue weighted by Gasteiger charge is -2.21. The van der Waals surface area contributed by atoms with E-state index in [0.29, 0.717) is 0 Å². The molecular formula is C10H13N3O. The first-order valence-corrected chi connectivity index (χ1v) is 4.61. The monoisotopic (exact) mass is 191 g/mol. The third-order valence-electron chi connectivity index (χ3n) is 2.55. The van der Waals surface area contributed by atoms with E-state index in [0.717, 1.165) is 12.1 Å². The molecular weight excluding hydrogens is 178 g/mol. The molecule has 4 heteroatoms. The second-order valence-electron chi connectivity index (χ2n) is 3.50. The van der Waals surface area contributed by atoms with Crippen LogP contribution in [0.5, 0.6) is 0 Å². The minimum Gasteiger partial charge on any atom is -0.290 e. The molecule has 1 aliphatic rings. The zero-order valence-corrected chi connectivity index (χ0v) is 8.03. The van der Waals surface area contributed by atoms with E-state index in [1.165, 1.54) is 5.56 Å². The smallest absolute Gasteiger partial charge is 0.290 e. The molecule has 4 nitrogen and oxygen atoms in total. The lowest BCUT2D eigenvalue weighted by molar-refractivity contribution is 0.245. The highest BCUT2D eigenvalue weighted by Gasteiger charge is 2.29. The average Bonchev–Trinajstić information content (AvgIpc) is 2.53. The van der Waals surface area contributed by atoms with E-state index < -0.39 is 0 Å². The SMILES string of the molecule is CC1Cc2ccccc2N1C(=O)NN. The molecule has 14 heavy (non-hydrogen) atoms. The molecule has 1 aliphatic heterocycles. The normalized spacial score (nSPS) is 19.3. The van der Waals surface area contributed by atoms with Crippen LogP contribution in [0.2, 0.25) is 0 Å². The molecule has 1 aromatic carbocycles. The molecule has 0 fully saturated rings. The molecule has 2 rings (SSSR count). The van der Waals surface area contributed by atoms with Gasteiger partial charge in [-0.2, -0.15) is 0 Å². The first-order chi connectivity index (χ1) is 6.74. The number of benzene rings is 1. The highest BCUT2D eigenvalue weighted by molar-refractivity contribution is 5.94. The Labute approximate surface area is 82.7 Å². The predicted molar refractivity (Wildman–Crippen MR) is 54.8 cm³/mol. The number of carbonyl (C=O) groups excluding carboxylic acids is 1. The van der Waals surface area contributed by atoms with Gasteiger partial charge in [0.05, 0.1) is 0 Å². The van der Waals surface area contributed by atoms with Crippen LogP contribution in [0, 0.1) is 0 Å². The Bertz CT molecular complexity index is 364. The highest BCUT2D eigenvalue weighted by atomic mass is 16.2. The molecule has 0 saturated heterocycles. The van der Waals surface area contributed by atoms with Crippen LogP contribution in [0.1, 0.15) is 12.5 Å². The van der Waals surface area contributed by atoms with Gasteiger partial charge in [-0.3, -0.25) is 10.3 Å². The van der Waals surface area contributed by atoms with E-state index in [2.05, 4.69) is 5.43 Å². The van der Waals surface area contributed by atoms with Crippen molar-refractivity contribution in [3.05, 3.63) is 29.8 Å². The maximum Gasteiger partial charge on any atom is 0.336 e. The van der Waals surface area contributed by atoms with Crippen molar-refractivity contribution in [2.75, 3.05) is 4.90 Å². The number of nitrogens with one attached hydrogen (secondary N) is 1. The molecule has 0 radical (unpaired) electrons. The summed E-state index contributed by atoms with van der Waals surface area (Å²) < 4.78 is 0. The third kappa shape index (κ3) is 1.24. The molecule has 1 heterocycles. The molecule has 1 aromatic rings. The average molecular weight is 191 g/mol. The van der Waals surface area contributed by atoms with Gasteiger partial charge >= 0.3 is 6.03 Å². The van der Waals surface area contributed by atoms with E-state index in [1.807, 2.05) is 31.2 Å². The van der Waals surface area contributed by atoms with Gasteiger partial charge in [-0.15, -0.1) is 0 Å².